The fourth-order valence-electron chi connectivity index (χ4n) is 1.56. The fraction of sp³-hybridized carbons (Fsp3) is 0.455. The van der Waals surface area contributed by atoms with E-state index >= 15 is 0 Å². The van der Waals surface area contributed by atoms with Crippen LogP contribution in [0.2, 0.25) is 0 Å². The van der Waals surface area contributed by atoms with Gasteiger partial charge in [0.25, 0.3) is 0 Å². The molecule has 14 heavy (non-hydrogen) atoms. The summed E-state index contributed by atoms with van der Waals surface area (Å²) in [6.45, 7) is 2.04. The summed E-state index contributed by atoms with van der Waals surface area (Å²) in [7, 11) is 3.75. The summed E-state index contributed by atoms with van der Waals surface area (Å²) in [5.74, 6) is 1.78. The number of hydrogen-bond acceptors (Lipinski definition) is 3. The molecule has 0 N–H and O–H groups in total. The second-order valence-corrected chi connectivity index (χ2v) is 3.64. The first-order valence-corrected chi connectivity index (χ1v) is 4.77. The summed E-state index contributed by atoms with van der Waals surface area (Å²) >= 11 is 0. The van der Waals surface area contributed by atoms with Gasteiger partial charge in [-0.1, -0.05) is 0 Å². The monoisotopic (exact) mass is 193 g/mol. The highest BCUT2D eigenvalue weighted by Gasteiger charge is 2.24. The first-order valence-electron chi connectivity index (χ1n) is 4.77. The van der Waals surface area contributed by atoms with E-state index in [-0.39, 0.29) is 0 Å². The molecule has 0 unspecified atom stereocenters. The average Bonchev–Trinajstić information content (AvgIpc) is 2.17. The van der Waals surface area contributed by atoms with Gasteiger partial charge < -0.3 is 9.47 Å². The van der Waals surface area contributed by atoms with E-state index in [1.807, 2.05) is 24.3 Å². The average molecular weight is 193 g/mol. The molecule has 1 aliphatic heterocycles. The molecule has 0 saturated carbocycles. The molecule has 3 nitrogen and oxygen atoms in total. The maximum Gasteiger partial charge on any atom is 0.124 e. The summed E-state index contributed by atoms with van der Waals surface area (Å²) < 4.78 is 10.8. The number of benzene rings is 1. The highest BCUT2D eigenvalue weighted by Crippen LogP contribution is 2.20. The SMILES string of the molecule is COc1ccc(OC2CN(C)C2)cc1. The van der Waals surface area contributed by atoms with Crippen molar-refractivity contribution in [3.05, 3.63) is 24.3 Å². The molecule has 3 heteroatoms. The Morgan fingerprint density at radius 3 is 2.21 bits per heavy atom. The van der Waals surface area contributed by atoms with Crippen LogP contribution in [0.25, 0.3) is 0 Å². The number of ether oxygens (including phenoxy) is 2. The third kappa shape index (κ3) is 1.99. The zero-order valence-corrected chi connectivity index (χ0v) is 8.56. The van der Waals surface area contributed by atoms with Gasteiger partial charge in [0.15, 0.2) is 0 Å². The number of likely N-dealkylation sites (N-methyl/N-ethyl adjacent to an activating group) is 1. The Hall–Kier alpha value is -1.22. The molecular weight excluding hydrogens is 178 g/mol. The summed E-state index contributed by atoms with van der Waals surface area (Å²) in [4.78, 5) is 2.23. The second kappa shape index (κ2) is 3.88. The zero-order valence-electron chi connectivity index (χ0n) is 8.56. The highest BCUT2D eigenvalue weighted by molar-refractivity contribution is 5.31. The molecule has 1 heterocycles. The van der Waals surface area contributed by atoms with Crippen molar-refractivity contribution in [3.63, 3.8) is 0 Å². The first-order chi connectivity index (χ1) is 6.78. The molecule has 0 aliphatic carbocycles. The Morgan fingerprint density at radius 2 is 1.71 bits per heavy atom. The Bertz CT molecular complexity index is 291. The predicted octanol–water partition coefficient (Wildman–Crippen LogP) is 1.39. The van der Waals surface area contributed by atoms with Crippen LogP contribution in [0.1, 0.15) is 0 Å². The Morgan fingerprint density at radius 1 is 1.14 bits per heavy atom. The lowest BCUT2D eigenvalue weighted by Gasteiger charge is -2.35. The molecule has 1 saturated heterocycles. The van der Waals surface area contributed by atoms with Gasteiger partial charge in [0.2, 0.25) is 0 Å². The number of nitrogens with zero attached hydrogens (tertiary/aromatic N) is 1. The van der Waals surface area contributed by atoms with Crippen LogP contribution < -0.4 is 9.47 Å². The van der Waals surface area contributed by atoms with Gasteiger partial charge in [0.05, 0.1) is 7.11 Å². The molecule has 0 atom stereocenters. The van der Waals surface area contributed by atoms with Gasteiger partial charge in [-0.15, -0.1) is 0 Å². The van der Waals surface area contributed by atoms with E-state index in [9.17, 15) is 0 Å². The molecular formula is C11H15NO2. The van der Waals surface area contributed by atoms with Crippen LogP contribution >= 0.6 is 0 Å². The third-order valence-electron chi connectivity index (χ3n) is 2.39. The van der Waals surface area contributed by atoms with E-state index in [1.54, 1.807) is 7.11 Å². The minimum absolute atomic E-state index is 0.355. The largest absolute Gasteiger partial charge is 0.497 e. The van der Waals surface area contributed by atoms with Crippen LogP contribution in [0.4, 0.5) is 0 Å². The lowest BCUT2D eigenvalue weighted by Crippen LogP contribution is -2.51. The van der Waals surface area contributed by atoms with Crippen LogP contribution in [-0.2, 0) is 0 Å². The molecule has 2 rings (SSSR count). The Kier molecular flexibility index (Phi) is 2.59. The van der Waals surface area contributed by atoms with Crippen molar-refractivity contribution < 1.29 is 9.47 Å². The van der Waals surface area contributed by atoms with E-state index < -0.39 is 0 Å². The molecule has 1 aromatic carbocycles. The minimum Gasteiger partial charge on any atom is -0.497 e. The second-order valence-electron chi connectivity index (χ2n) is 3.64. The van der Waals surface area contributed by atoms with Gasteiger partial charge in [-0.2, -0.15) is 0 Å². The number of methoxy groups -OCH3 is 1. The van der Waals surface area contributed by atoms with Gasteiger partial charge in [-0.25, -0.2) is 0 Å². The van der Waals surface area contributed by atoms with Crippen LogP contribution in [-0.4, -0.2) is 38.3 Å². The summed E-state index contributed by atoms with van der Waals surface area (Å²) in [6, 6.07) is 7.71. The van der Waals surface area contributed by atoms with Gasteiger partial charge in [0.1, 0.15) is 17.6 Å². The van der Waals surface area contributed by atoms with Crippen molar-refractivity contribution in [2.45, 2.75) is 6.10 Å². The third-order valence-corrected chi connectivity index (χ3v) is 2.39. The molecule has 0 bridgehead atoms. The number of hydrogen-bond donors (Lipinski definition) is 0. The zero-order chi connectivity index (χ0) is 9.97. The lowest BCUT2D eigenvalue weighted by atomic mass is 10.2. The molecule has 0 amide bonds. The van der Waals surface area contributed by atoms with Crippen molar-refractivity contribution in [2.24, 2.45) is 0 Å². The number of likely N-dealkylation sites (tertiary alicyclic amines) is 1. The van der Waals surface area contributed by atoms with E-state index in [0.717, 1.165) is 24.6 Å². The van der Waals surface area contributed by atoms with E-state index in [0.29, 0.717) is 6.10 Å². The molecule has 1 aromatic rings. The van der Waals surface area contributed by atoms with Crippen molar-refractivity contribution in [3.8, 4) is 11.5 Å². The van der Waals surface area contributed by atoms with Crippen molar-refractivity contribution in [1.82, 2.24) is 4.90 Å². The first kappa shape index (κ1) is 9.34. The van der Waals surface area contributed by atoms with Gasteiger partial charge in [-0.3, -0.25) is 4.90 Å². The van der Waals surface area contributed by atoms with Crippen LogP contribution in [0.5, 0.6) is 11.5 Å². The van der Waals surface area contributed by atoms with Crippen LogP contribution in [0.3, 0.4) is 0 Å². The van der Waals surface area contributed by atoms with E-state index in [2.05, 4.69) is 11.9 Å². The Balaban J connectivity index is 1.90. The Labute approximate surface area is 84.2 Å². The standard InChI is InChI=1S/C11H15NO2/c1-12-7-11(8-12)14-10-5-3-9(13-2)4-6-10/h3-6,11H,7-8H2,1-2H3. The molecule has 0 spiro atoms. The van der Waals surface area contributed by atoms with Crippen molar-refractivity contribution in [1.29, 1.82) is 0 Å². The molecule has 0 radical (unpaired) electrons. The topological polar surface area (TPSA) is 21.7 Å². The lowest BCUT2D eigenvalue weighted by molar-refractivity contribution is 0.0388. The van der Waals surface area contributed by atoms with Crippen molar-refractivity contribution >= 4 is 0 Å². The molecule has 0 aromatic heterocycles. The number of rotatable bonds is 3. The maximum absolute atomic E-state index is 5.72. The van der Waals surface area contributed by atoms with Gasteiger partial charge in [0, 0.05) is 13.1 Å². The summed E-state index contributed by atoms with van der Waals surface area (Å²) in [6.07, 6.45) is 0.355. The summed E-state index contributed by atoms with van der Waals surface area (Å²) in [5.41, 5.74) is 0. The van der Waals surface area contributed by atoms with Gasteiger partial charge >= 0.3 is 0 Å². The predicted molar refractivity (Wildman–Crippen MR) is 54.9 cm³/mol. The van der Waals surface area contributed by atoms with Crippen LogP contribution in [0, 0.1) is 0 Å². The normalized spacial score (nSPS) is 17.6. The minimum atomic E-state index is 0.355. The molecule has 1 fully saturated rings. The van der Waals surface area contributed by atoms with E-state index in [1.165, 1.54) is 0 Å². The maximum atomic E-state index is 5.72. The molecule has 76 valence electrons. The summed E-state index contributed by atoms with van der Waals surface area (Å²) in [5, 5.41) is 0. The van der Waals surface area contributed by atoms with Crippen LogP contribution in [0.15, 0.2) is 24.3 Å². The van der Waals surface area contributed by atoms with Crippen molar-refractivity contribution in [2.75, 3.05) is 27.2 Å². The van der Waals surface area contributed by atoms with Gasteiger partial charge in [-0.05, 0) is 31.3 Å². The highest BCUT2D eigenvalue weighted by atomic mass is 16.5. The quantitative estimate of drug-likeness (QED) is 0.724. The molecule has 1 aliphatic rings. The fourth-order valence-corrected chi connectivity index (χ4v) is 1.56. The van der Waals surface area contributed by atoms with E-state index in [4.69, 9.17) is 9.47 Å². The smallest absolute Gasteiger partial charge is 0.124 e.